The summed E-state index contributed by atoms with van der Waals surface area (Å²) in [5.74, 6) is -0.499. The molecule has 0 amide bonds. The van der Waals surface area contributed by atoms with Gasteiger partial charge in [0.25, 0.3) is 0 Å². The molecule has 1 N–H and O–H groups in total. The van der Waals surface area contributed by atoms with Crippen LogP contribution in [0.4, 0.5) is 4.39 Å². The Balaban J connectivity index is 2.77. The van der Waals surface area contributed by atoms with Crippen LogP contribution in [0.1, 0.15) is 26.3 Å². The predicted octanol–water partition coefficient (Wildman–Crippen LogP) is 2.14. The van der Waals surface area contributed by atoms with Crippen molar-refractivity contribution in [1.82, 2.24) is 5.32 Å². The zero-order chi connectivity index (χ0) is 15.4. The number of para-hydroxylation sites is 1. The van der Waals surface area contributed by atoms with Gasteiger partial charge >= 0.3 is 0 Å². The van der Waals surface area contributed by atoms with Crippen molar-refractivity contribution in [2.24, 2.45) is 0 Å². The topological polar surface area (TPSA) is 55.4 Å². The van der Waals surface area contributed by atoms with Gasteiger partial charge in [0.15, 0.2) is 21.4 Å². The molecule has 6 heteroatoms. The lowest BCUT2D eigenvalue weighted by Gasteiger charge is -2.19. The van der Waals surface area contributed by atoms with Crippen molar-refractivity contribution >= 4 is 9.84 Å². The lowest BCUT2D eigenvalue weighted by molar-refractivity contribution is 0.317. The monoisotopic (exact) mass is 303 g/mol. The summed E-state index contributed by atoms with van der Waals surface area (Å²) in [5.41, 5.74) is 0.667. The molecule has 0 aliphatic carbocycles. The van der Waals surface area contributed by atoms with E-state index in [2.05, 4.69) is 5.32 Å². The second-order valence-corrected chi connectivity index (χ2v) is 8.40. The number of halogens is 1. The van der Waals surface area contributed by atoms with Gasteiger partial charge in [-0.1, -0.05) is 12.1 Å². The summed E-state index contributed by atoms with van der Waals surface area (Å²) in [5, 5.41) is 2.92. The Labute approximate surface area is 120 Å². The number of rotatable bonds is 6. The third-order valence-electron chi connectivity index (χ3n) is 2.95. The summed E-state index contributed by atoms with van der Waals surface area (Å²) in [6.45, 7) is 5.31. The zero-order valence-electron chi connectivity index (χ0n) is 12.4. The van der Waals surface area contributed by atoms with Crippen LogP contribution in [0, 0.1) is 5.82 Å². The molecule has 0 saturated carbocycles. The van der Waals surface area contributed by atoms with Crippen molar-refractivity contribution in [2.45, 2.75) is 32.1 Å². The van der Waals surface area contributed by atoms with E-state index in [0.717, 1.165) is 0 Å². The van der Waals surface area contributed by atoms with Crippen LogP contribution in [0.25, 0.3) is 0 Å². The zero-order valence-corrected chi connectivity index (χ0v) is 13.2. The third kappa shape index (κ3) is 4.18. The van der Waals surface area contributed by atoms with Crippen LogP contribution in [0.15, 0.2) is 18.2 Å². The molecule has 0 bridgehead atoms. The van der Waals surface area contributed by atoms with E-state index in [4.69, 9.17) is 4.74 Å². The van der Waals surface area contributed by atoms with Crippen LogP contribution in [-0.4, -0.2) is 32.6 Å². The van der Waals surface area contributed by atoms with Crippen LogP contribution in [0.2, 0.25) is 0 Å². The molecule has 0 heterocycles. The molecule has 1 aromatic rings. The van der Waals surface area contributed by atoms with Gasteiger partial charge in [-0.3, -0.25) is 0 Å². The van der Waals surface area contributed by atoms with Crippen LogP contribution in [0.3, 0.4) is 0 Å². The summed E-state index contributed by atoms with van der Waals surface area (Å²) in [7, 11) is -1.52. The maximum Gasteiger partial charge on any atom is 0.165 e. The lowest BCUT2D eigenvalue weighted by atomic mass is 10.2. The first-order valence-electron chi connectivity index (χ1n) is 6.46. The smallest absolute Gasteiger partial charge is 0.165 e. The minimum atomic E-state index is -3.27. The number of ether oxygens (including phenoxy) is 1. The molecule has 0 spiro atoms. The fraction of sp³-hybridized carbons (Fsp3) is 0.571. The van der Waals surface area contributed by atoms with E-state index in [0.29, 0.717) is 12.1 Å². The molecule has 0 fully saturated rings. The van der Waals surface area contributed by atoms with Crippen LogP contribution >= 0.6 is 0 Å². The van der Waals surface area contributed by atoms with Gasteiger partial charge in [-0.2, -0.15) is 0 Å². The molecule has 0 aromatic heterocycles. The number of nitrogens with one attached hydrogen (secondary N) is 1. The van der Waals surface area contributed by atoms with E-state index in [-0.39, 0.29) is 18.1 Å². The molecule has 20 heavy (non-hydrogen) atoms. The third-order valence-corrected chi connectivity index (χ3v) is 5.52. The van der Waals surface area contributed by atoms with Crippen molar-refractivity contribution in [3.8, 4) is 5.75 Å². The van der Waals surface area contributed by atoms with Crippen molar-refractivity contribution in [3.05, 3.63) is 29.6 Å². The highest BCUT2D eigenvalue weighted by Crippen LogP contribution is 2.23. The number of sulfone groups is 1. The molecule has 0 aliphatic rings. The van der Waals surface area contributed by atoms with Crippen LogP contribution in [-0.2, 0) is 16.4 Å². The average Bonchev–Trinajstić information content (AvgIpc) is 2.31. The minimum Gasteiger partial charge on any atom is -0.489 e. The summed E-state index contributed by atoms with van der Waals surface area (Å²) in [6.07, 6.45) is 0. The molecule has 0 atom stereocenters. The highest BCUT2D eigenvalue weighted by Gasteiger charge is 2.28. The molecular weight excluding hydrogens is 281 g/mol. The number of benzene rings is 1. The number of hydrogen-bond acceptors (Lipinski definition) is 4. The average molecular weight is 303 g/mol. The Kier molecular flexibility index (Phi) is 5.53. The Hall–Kier alpha value is -1.14. The fourth-order valence-electron chi connectivity index (χ4n) is 1.60. The lowest BCUT2D eigenvalue weighted by Crippen LogP contribution is -2.32. The molecular formula is C14H22FNO3S. The molecule has 1 rings (SSSR count). The Bertz CT molecular complexity index is 550. The van der Waals surface area contributed by atoms with E-state index in [1.165, 1.54) is 6.07 Å². The van der Waals surface area contributed by atoms with Gasteiger partial charge in [0.2, 0.25) is 0 Å². The van der Waals surface area contributed by atoms with E-state index in [1.807, 2.05) is 0 Å². The van der Waals surface area contributed by atoms with E-state index >= 15 is 0 Å². The Morgan fingerprint density at radius 2 is 1.95 bits per heavy atom. The molecule has 0 aliphatic heterocycles. The first kappa shape index (κ1) is 16.9. The van der Waals surface area contributed by atoms with Gasteiger partial charge in [-0.15, -0.1) is 0 Å². The van der Waals surface area contributed by atoms with Gasteiger partial charge in [0, 0.05) is 12.1 Å². The highest BCUT2D eigenvalue weighted by atomic mass is 32.2. The number of hydrogen-bond donors (Lipinski definition) is 1. The normalized spacial score (nSPS) is 12.4. The summed E-state index contributed by atoms with van der Waals surface area (Å²) < 4.78 is 42.2. The van der Waals surface area contributed by atoms with Gasteiger partial charge in [-0.25, -0.2) is 12.8 Å². The van der Waals surface area contributed by atoms with E-state index < -0.39 is 20.4 Å². The molecule has 114 valence electrons. The van der Waals surface area contributed by atoms with Gasteiger partial charge in [-0.05, 0) is 33.9 Å². The maximum atomic E-state index is 13.7. The van der Waals surface area contributed by atoms with Gasteiger partial charge in [0.1, 0.15) is 6.61 Å². The molecule has 1 aromatic carbocycles. The molecule has 0 radical (unpaired) electrons. The predicted molar refractivity (Wildman–Crippen MR) is 78.2 cm³/mol. The SMILES string of the molecule is CNCc1cccc(F)c1OCCS(=O)(=O)C(C)(C)C. The van der Waals surface area contributed by atoms with E-state index in [9.17, 15) is 12.8 Å². The van der Waals surface area contributed by atoms with Crippen molar-refractivity contribution in [2.75, 3.05) is 19.4 Å². The Morgan fingerprint density at radius 3 is 2.50 bits per heavy atom. The summed E-state index contributed by atoms with van der Waals surface area (Å²) in [4.78, 5) is 0. The van der Waals surface area contributed by atoms with Crippen LogP contribution in [0.5, 0.6) is 5.75 Å². The highest BCUT2D eigenvalue weighted by molar-refractivity contribution is 7.92. The maximum absolute atomic E-state index is 13.7. The minimum absolute atomic E-state index is 0.0583. The van der Waals surface area contributed by atoms with Gasteiger partial charge < -0.3 is 10.1 Å². The van der Waals surface area contributed by atoms with Crippen LogP contribution < -0.4 is 10.1 Å². The first-order chi connectivity index (χ1) is 9.19. The largest absolute Gasteiger partial charge is 0.489 e. The molecule has 0 unspecified atom stereocenters. The first-order valence-corrected chi connectivity index (χ1v) is 8.11. The summed E-state index contributed by atoms with van der Waals surface area (Å²) >= 11 is 0. The second kappa shape index (κ2) is 6.54. The van der Waals surface area contributed by atoms with Crippen molar-refractivity contribution < 1.29 is 17.5 Å². The van der Waals surface area contributed by atoms with E-state index in [1.54, 1.807) is 40.0 Å². The summed E-state index contributed by atoms with van der Waals surface area (Å²) in [6, 6.07) is 4.64. The van der Waals surface area contributed by atoms with Crippen molar-refractivity contribution in [3.63, 3.8) is 0 Å². The van der Waals surface area contributed by atoms with Crippen molar-refractivity contribution in [1.29, 1.82) is 0 Å². The second-order valence-electron chi connectivity index (χ2n) is 5.54. The molecule has 4 nitrogen and oxygen atoms in total. The fourth-order valence-corrected chi connectivity index (χ4v) is 2.52. The van der Waals surface area contributed by atoms with Gasteiger partial charge in [0.05, 0.1) is 10.5 Å². The standard InChI is InChI=1S/C14H22FNO3S/c1-14(2,3)20(17,18)9-8-19-13-11(10-16-4)6-5-7-12(13)15/h5-7,16H,8-10H2,1-4H3. The molecule has 0 saturated heterocycles. The quantitative estimate of drug-likeness (QED) is 0.875. The Morgan fingerprint density at radius 1 is 1.30 bits per heavy atom.